The zero-order valence-corrected chi connectivity index (χ0v) is 18.2. The largest absolute Gasteiger partial charge is 0.465 e. The van der Waals surface area contributed by atoms with Crippen molar-refractivity contribution in [1.82, 2.24) is 10.2 Å². The average Bonchev–Trinajstić information content (AvgIpc) is 3.12. The van der Waals surface area contributed by atoms with E-state index >= 15 is 0 Å². The number of hydrogen-bond acceptors (Lipinski definition) is 5. The molecule has 0 radical (unpaired) electrons. The standard InChI is InChI=1S/C21H27N3O2S2/c1-14(2)24-11-9-16(10-12-24)22-21(27)23-19-17(20(25)26-3)13-18(28-19)15-7-5-4-6-8-15/h4-8,13-14,16H,9-12H2,1-3H3,(H2,22,23,27). The zero-order valence-electron chi connectivity index (χ0n) is 16.5. The second kappa shape index (κ2) is 9.49. The number of nitrogens with zero attached hydrogens (tertiary/aromatic N) is 1. The summed E-state index contributed by atoms with van der Waals surface area (Å²) in [6.45, 7) is 6.61. The summed E-state index contributed by atoms with van der Waals surface area (Å²) in [7, 11) is 1.39. The van der Waals surface area contributed by atoms with Gasteiger partial charge in [-0.1, -0.05) is 30.3 Å². The molecule has 150 valence electrons. The van der Waals surface area contributed by atoms with Gasteiger partial charge in [-0.3, -0.25) is 0 Å². The van der Waals surface area contributed by atoms with Crippen LogP contribution in [0.4, 0.5) is 5.00 Å². The van der Waals surface area contributed by atoms with Crippen molar-refractivity contribution in [2.75, 3.05) is 25.5 Å². The number of nitrogens with one attached hydrogen (secondary N) is 2. The van der Waals surface area contributed by atoms with Gasteiger partial charge in [-0.25, -0.2) is 4.79 Å². The molecule has 1 aliphatic heterocycles. The molecule has 1 saturated heterocycles. The van der Waals surface area contributed by atoms with Crippen molar-refractivity contribution in [2.45, 2.75) is 38.8 Å². The molecule has 2 heterocycles. The van der Waals surface area contributed by atoms with Crippen molar-refractivity contribution in [3.05, 3.63) is 42.0 Å². The summed E-state index contributed by atoms with van der Waals surface area (Å²) < 4.78 is 4.95. The highest BCUT2D eigenvalue weighted by molar-refractivity contribution is 7.80. The van der Waals surface area contributed by atoms with Crippen molar-refractivity contribution in [3.8, 4) is 10.4 Å². The second-order valence-corrected chi connectivity index (χ2v) is 8.67. The normalized spacial score (nSPS) is 15.4. The summed E-state index contributed by atoms with van der Waals surface area (Å²) in [4.78, 5) is 15.7. The third-order valence-electron chi connectivity index (χ3n) is 5.02. The molecule has 3 rings (SSSR count). The van der Waals surface area contributed by atoms with E-state index < -0.39 is 0 Å². The Morgan fingerprint density at radius 1 is 1.25 bits per heavy atom. The van der Waals surface area contributed by atoms with Gasteiger partial charge >= 0.3 is 5.97 Å². The Hall–Kier alpha value is -1.96. The van der Waals surface area contributed by atoms with E-state index in [1.165, 1.54) is 18.4 Å². The summed E-state index contributed by atoms with van der Waals surface area (Å²) in [6.07, 6.45) is 2.12. The van der Waals surface area contributed by atoms with Crippen LogP contribution in [-0.2, 0) is 4.74 Å². The number of methoxy groups -OCH3 is 1. The van der Waals surface area contributed by atoms with Gasteiger partial charge in [-0.15, -0.1) is 11.3 Å². The molecule has 7 heteroatoms. The maximum absolute atomic E-state index is 12.2. The molecule has 0 bridgehead atoms. The number of ether oxygens (including phenoxy) is 1. The van der Waals surface area contributed by atoms with Crippen LogP contribution in [0.1, 0.15) is 37.0 Å². The van der Waals surface area contributed by atoms with Gasteiger partial charge in [-0.05, 0) is 50.5 Å². The summed E-state index contributed by atoms with van der Waals surface area (Å²) in [5.41, 5.74) is 1.57. The van der Waals surface area contributed by atoms with Crippen LogP contribution < -0.4 is 10.6 Å². The SMILES string of the molecule is COC(=O)c1cc(-c2ccccc2)sc1NC(=S)NC1CCN(C(C)C)CC1. The van der Waals surface area contributed by atoms with Crippen LogP contribution in [-0.4, -0.2) is 48.3 Å². The fourth-order valence-corrected chi connectivity index (χ4v) is 4.76. The predicted octanol–water partition coefficient (Wildman–Crippen LogP) is 4.36. The summed E-state index contributed by atoms with van der Waals surface area (Å²) >= 11 is 7.03. The number of esters is 1. The van der Waals surface area contributed by atoms with Gasteiger partial charge in [-0.2, -0.15) is 0 Å². The predicted molar refractivity (Wildman–Crippen MR) is 120 cm³/mol. The van der Waals surface area contributed by atoms with Gasteiger partial charge in [0.25, 0.3) is 0 Å². The quantitative estimate of drug-likeness (QED) is 0.557. The first-order chi connectivity index (χ1) is 13.5. The summed E-state index contributed by atoms with van der Waals surface area (Å²) in [5.74, 6) is -0.367. The van der Waals surface area contributed by atoms with Crippen LogP contribution in [0.5, 0.6) is 0 Å². The Bertz CT molecular complexity index is 812. The number of hydrogen-bond donors (Lipinski definition) is 2. The Kier molecular flexibility index (Phi) is 7.04. The van der Waals surface area contributed by atoms with E-state index in [0.29, 0.717) is 27.8 Å². The van der Waals surface area contributed by atoms with Crippen molar-refractivity contribution in [3.63, 3.8) is 0 Å². The van der Waals surface area contributed by atoms with E-state index in [1.807, 2.05) is 36.4 Å². The van der Waals surface area contributed by atoms with Crippen molar-refractivity contribution in [1.29, 1.82) is 0 Å². The molecule has 5 nitrogen and oxygen atoms in total. The Morgan fingerprint density at radius 3 is 2.54 bits per heavy atom. The topological polar surface area (TPSA) is 53.6 Å². The molecule has 0 unspecified atom stereocenters. The molecule has 2 N–H and O–H groups in total. The van der Waals surface area contributed by atoms with Gasteiger partial charge in [0, 0.05) is 30.1 Å². The first-order valence-electron chi connectivity index (χ1n) is 9.57. The Balaban J connectivity index is 1.68. The molecule has 2 aromatic rings. The van der Waals surface area contributed by atoms with E-state index in [-0.39, 0.29) is 5.97 Å². The number of anilines is 1. The minimum atomic E-state index is -0.367. The number of thiophene rings is 1. The monoisotopic (exact) mass is 417 g/mol. The first kappa shape index (κ1) is 20.8. The van der Waals surface area contributed by atoms with Gasteiger partial charge in [0.2, 0.25) is 0 Å². The molecule has 1 aromatic heterocycles. The number of likely N-dealkylation sites (tertiary alicyclic amines) is 1. The van der Waals surface area contributed by atoms with Crippen LogP contribution in [0, 0.1) is 0 Å². The number of carbonyl (C=O) groups is 1. The Labute approximate surface area is 176 Å². The molecule has 1 aromatic carbocycles. The van der Waals surface area contributed by atoms with Crippen molar-refractivity contribution >= 4 is 39.6 Å². The van der Waals surface area contributed by atoms with E-state index in [0.717, 1.165) is 36.4 Å². The average molecular weight is 418 g/mol. The molecule has 1 fully saturated rings. The molecule has 0 saturated carbocycles. The van der Waals surface area contributed by atoms with Gasteiger partial charge < -0.3 is 20.3 Å². The minimum absolute atomic E-state index is 0.352. The molecular formula is C21H27N3O2S2. The summed E-state index contributed by atoms with van der Waals surface area (Å²) in [6, 6.07) is 12.8. The fourth-order valence-electron chi connectivity index (χ4n) is 3.37. The molecule has 0 atom stereocenters. The van der Waals surface area contributed by atoms with Crippen LogP contribution in [0.2, 0.25) is 0 Å². The lowest BCUT2D eigenvalue weighted by Gasteiger charge is -2.35. The second-order valence-electron chi connectivity index (χ2n) is 7.21. The van der Waals surface area contributed by atoms with E-state index in [4.69, 9.17) is 17.0 Å². The number of benzene rings is 1. The number of carbonyl (C=O) groups excluding carboxylic acids is 1. The summed E-state index contributed by atoms with van der Waals surface area (Å²) in [5, 5.41) is 7.89. The number of thiocarbonyl (C=S) groups is 1. The maximum Gasteiger partial charge on any atom is 0.340 e. The third-order valence-corrected chi connectivity index (χ3v) is 6.34. The van der Waals surface area contributed by atoms with Crippen LogP contribution >= 0.6 is 23.6 Å². The van der Waals surface area contributed by atoms with Gasteiger partial charge in [0.05, 0.1) is 12.7 Å². The highest BCUT2D eigenvalue weighted by Crippen LogP contribution is 2.35. The Morgan fingerprint density at radius 2 is 1.93 bits per heavy atom. The fraction of sp³-hybridized carbons (Fsp3) is 0.429. The van der Waals surface area contributed by atoms with Crippen LogP contribution in [0.15, 0.2) is 36.4 Å². The highest BCUT2D eigenvalue weighted by Gasteiger charge is 2.23. The number of piperidine rings is 1. The number of rotatable bonds is 5. The molecule has 1 aliphatic rings. The minimum Gasteiger partial charge on any atom is -0.465 e. The highest BCUT2D eigenvalue weighted by atomic mass is 32.1. The maximum atomic E-state index is 12.2. The third kappa shape index (κ3) is 5.10. The molecule has 0 amide bonds. The lowest BCUT2D eigenvalue weighted by molar-refractivity contribution is 0.0602. The zero-order chi connectivity index (χ0) is 20.1. The van der Waals surface area contributed by atoms with Gasteiger partial charge in [0.1, 0.15) is 5.00 Å². The van der Waals surface area contributed by atoms with Crippen molar-refractivity contribution in [2.24, 2.45) is 0 Å². The lowest BCUT2D eigenvalue weighted by Crippen LogP contribution is -2.47. The van der Waals surface area contributed by atoms with E-state index in [2.05, 4.69) is 29.4 Å². The lowest BCUT2D eigenvalue weighted by atomic mass is 10.0. The van der Waals surface area contributed by atoms with Crippen molar-refractivity contribution < 1.29 is 9.53 Å². The van der Waals surface area contributed by atoms with E-state index in [9.17, 15) is 4.79 Å². The molecule has 28 heavy (non-hydrogen) atoms. The van der Waals surface area contributed by atoms with Crippen LogP contribution in [0.3, 0.4) is 0 Å². The molecule has 0 spiro atoms. The van der Waals surface area contributed by atoms with E-state index in [1.54, 1.807) is 0 Å². The van der Waals surface area contributed by atoms with Crippen LogP contribution in [0.25, 0.3) is 10.4 Å². The first-order valence-corrected chi connectivity index (χ1v) is 10.8. The smallest absolute Gasteiger partial charge is 0.340 e. The molecule has 0 aliphatic carbocycles. The molecular weight excluding hydrogens is 390 g/mol. The van der Waals surface area contributed by atoms with Gasteiger partial charge in [0.15, 0.2) is 5.11 Å².